The summed E-state index contributed by atoms with van der Waals surface area (Å²) in [6, 6.07) is 13.2. The third-order valence-corrected chi connectivity index (χ3v) is 3.64. The number of nitrogens with two attached hydrogens (primary N) is 1. The molecule has 0 saturated carbocycles. The van der Waals surface area contributed by atoms with Gasteiger partial charge in [-0.25, -0.2) is 9.38 Å². The fourth-order valence-electron chi connectivity index (χ4n) is 2.39. The van der Waals surface area contributed by atoms with E-state index >= 15 is 0 Å². The molecule has 0 atom stereocenters. The van der Waals surface area contributed by atoms with Crippen LogP contribution in [0.2, 0.25) is 0 Å². The summed E-state index contributed by atoms with van der Waals surface area (Å²) in [6.45, 7) is 3.02. The van der Waals surface area contributed by atoms with Crippen molar-refractivity contribution in [2.24, 2.45) is 10.7 Å². The zero-order valence-electron chi connectivity index (χ0n) is 14.5. The Kier molecular flexibility index (Phi) is 6.32. The Morgan fingerprint density at radius 3 is 2.62 bits per heavy atom. The SMILES string of the molecule is CCc1cccc(NC(N)=NCc2ccc(CN(C)C)c(F)c2)c1. The molecule has 2 aromatic rings. The first-order valence-corrected chi connectivity index (χ1v) is 8.06. The normalized spacial score (nSPS) is 11.8. The molecule has 0 unspecified atom stereocenters. The van der Waals surface area contributed by atoms with Gasteiger partial charge in [0.15, 0.2) is 5.96 Å². The highest BCUT2D eigenvalue weighted by atomic mass is 19.1. The summed E-state index contributed by atoms with van der Waals surface area (Å²) < 4.78 is 14.0. The lowest BCUT2D eigenvalue weighted by molar-refractivity contribution is 0.392. The fourth-order valence-corrected chi connectivity index (χ4v) is 2.39. The van der Waals surface area contributed by atoms with Gasteiger partial charge in [0.25, 0.3) is 0 Å². The number of rotatable bonds is 6. The minimum atomic E-state index is -0.210. The van der Waals surface area contributed by atoms with Crippen LogP contribution in [0.1, 0.15) is 23.6 Å². The predicted molar refractivity (Wildman–Crippen MR) is 98.6 cm³/mol. The Labute approximate surface area is 143 Å². The topological polar surface area (TPSA) is 53.6 Å². The van der Waals surface area contributed by atoms with Crippen molar-refractivity contribution >= 4 is 11.6 Å². The van der Waals surface area contributed by atoms with E-state index in [2.05, 4.69) is 23.3 Å². The van der Waals surface area contributed by atoms with E-state index in [1.807, 2.05) is 43.3 Å². The van der Waals surface area contributed by atoms with Crippen LogP contribution >= 0.6 is 0 Å². The van der Waals surface area contributed by atoms with Gasteiger partial charge in [-0.1, -0.05) is 31.2 Å². The van der Waals surface area contributed by atoms with Crippen molar-refractivity contribution in [1.29, 1.82) is 0 Å². The zero-order chi connectivity index (χ0) is 17.5. The average Bonchev–Trinajstić information content (AvgIpc) is 2.55. The lowest BCUT2D eigenvalue weighted by Gasteiger charge is -2.11. The molecule has 0 fully saturated rings. The molecule has 5 heteroatoms. The maximum Gasteiger partial charge on any atom is 0.193 e. The highest BCUT2D eigenvalue weighted by Gasteiger charge is 2.05. The summed E-state index contributed by atoms with van der Waals surface area (Å²) in [5.41, 5.74) is 9.52. The highest BCUT2D eigenvalue weighted by Crippen LogP contribution is 2.13. The summed E-state index contributed by atoms with van der Waals surface area (Å²) in [4.78, 5) is 6.22. The standard InChI is InChI=1S/C19H25FN4/c1-4-14-6-5-7-17(10-14)23-19(21)22-12-15-8-9-16(13-24(2)3)18(20)11-15/h5-11H,4,12-13H2,1-3H3,(H3,21,22,23). The molecule has 0 aromatic heterocycles. The van der Waals surface area contributed by atoms with Gasteiger partial charge < -0.3 is 16.0 Å². The summed E-state index contributed by atoms with van der Waals surface area (Å²) in [5.74, 6) is 0.111. The van der Waals surface area contributed by atoms with E-state index in [-0.39, 0.29) is 5.82 Å². The quantitative estimate of drug-likeness (QED) is 0.631. The summed E-state index contributed by atoms with van der Waals surface area (Å²) >= 11 is 0. The van der Waals surface area contributed by atoms with E-state index in [4.69, 9.17) is 5.73 Å². The van der Waals surface area contributed by atoms with Crippen LogP contribution in [0, 0.1) is 5.82 Å². The van der Waals surface area contributed by atoms with Crippen molar-refractivity contribution in [2.75, 3.05) is 19.4 Å². The average molecular weight is 328 g/mol. The molecule has 3 N–H and O–H groups in total. The van der Waals surface area contributed by atoms with E-state index in [0.29, 0.717) is 24.6 Å². The molecule has 4 nitrogen and oxygen atoms in total. The molecule has 24 heavy (non-hydrogen) atoms. The molecule has 0 bridgehead atoms. The molecule has 0 heterocycles. The van der Waals surface area contributed by atoms with Crippen molar-refractivity contribution in [3.63, 3.8) is 0 Å². The van der Waals surface area contributed by atoms with E-state index in [1.165, 1.54) is 11.6 Å². The molecule has 128 valence electrons. The summed E-state index contributed by atoms with van der Waals surface area (Å²) in [6.07, 6.45) is 0.963. The number of nitrogens with one attached hydrogen (secondary N) is 1. The fraction of sp³-hybridized carbons (Fsp3) is 0.316. The molecule has 0 spiro atoms. The number of guanidine groups is 1. The maximum absolute atomic E-state index is 14.0. The van der Waals surface area contributed by atoms with Crippen molar-refractivity contribution in [1.82, 2.24) is 4.90 Å². The van der Waals surface area contributed by atoms with Gasteiger partial charge in [-0.05, 0) is 49.8 Å². The van der Waals surface area contributed by atoms with Gasteiger partial charge in [-0.3, -0.25) is 0 Å². The van der Waals surface area contributed by atoms with Crippen molar-refractivity contribution in [2.45, 2.75) is 26.4 Å². The molecular weight excluding hydrogens is 303 g/mol. The highest BCUT2D eigenvalue weighted by molar-refractivity contribution is 5.92. The van der Waals surface area contributed by atoms with Crippen LogP contribution in [0.25, 0.3) is 0 Å². The van der Waals surface area contributed by atoms with E-state index in [0.717, 1.165) is 17.7 Å². The number of hydrogen-bond acceptors (Lipinski definition) is 2. The van der Waals surface area contributed by atoms with E-state index < -0.39 is 0 Å². The second-order valence-electron chi connectivity index (χ2n) is 6.04. The first-order chi connectivity index (χ1) is 11.5. The van der Waals surface area contributed by atoms with Crippen LogP contribution in [0.5, 0.6) is 0 Å². The number of hydrogen-bond donors (Lipinski definition) is 2. The second kappa shape index (κ2) is 8.45. The lowest BCUT2D eigenvalue weighted by atomic mass is 10.1. The molecule has 0 radical (unpaired) electrons. The van der Waals surface area contributed by atoms with Crippen molar-refractivity contribution < 1.29 is 4.39 Å². The number of benzene rings is 2. The van der Waals surface area contributed by atoms with Gasteiger partial charge in [0, 0.05) is 17.8 Å². The van der Waals surface area contributed by atoms with Crippen LogP contribution in [-0.2, 0) is 19.5 Å². The van der Waals surface area contributed by atoms with Gasteiger partial charge in [-0.15, -0.1) is 0 Å². The van der Waals surface area contributed by atoms with Crippen LogP contribution in [-0.4, -0.2) is 25.0 Å². The Morgan fingerprint density at radius 2 is 1.96 bits per heavy atom. The minimum absolute atomic E-state index is 0.210. The molecule has 2 rings (SSSR count). The smallest absolute Gasteiger partial charge is 0.193 e. The van der Waals surface area contributed by atoms with Gasteiger partial charge in [0.05, 0.1) is 6.54 Å². The number of halogens is 1. The number of nitrogens with zero attached hydrogens (tertiary/aromatic N) is 2. The molecule has 0 aliphatic rings. The number of aryl methyl sites for hydroxylation is 1. The number of anilines is 1. The summed E-state index contributed by atoms with van der Waals surface area (Å²) in [5, 5.41) is 3.07. The van der Waals surface area contributed by atoms with E-state index in [1.54, 1.807) is 6.07 Å². The van der Waals surface area contributed by atoms with Crippen molar-refractivity contribution in [3.05, 3.63) is 65.0 Å². The molecule has 0 amide bonds. The lowest BCUT2D eigenvalue weighted by Crippen LogP contribution is -2.22. The van der Waals surface area contributed by atoms with Gasteiger partial charge in [0.1, 0.15) is 5.82 Å². The first kappa shape index (κ1) is 17.9. The predicted octanol–water partition coefficient (Wildman–Crippen LogP) is 3.38. The van der Waals surface area contributed by atoms with Crippen LogP contribution in [0.15, 0.2) is 47.5 Å². The van der Waals surface area contributed by atoms with Gasteiger partial charge in [0.2, 0.25) is 0 Å². The Hall–Kier alpha value is -2.40. The van der Waals surface area contributed by atoms with Crippen LogP contribution in [0.4, 0.5) is 10.1 Å². The second-order valence-corrected chi connectivity index (χ2v) is 6.04. The summed E-state index contributed by atoms with van der Waals surface area (Å²) in [7, 11) is 3.83. The Balaban J connectivity index is 2.00. The Bertz CT molecular complexity index is 710. The van der Waals surface area contributed by atoms with Gasteiger partial charge >= 0.3 is 0 Å². The van der Waals surface area contributed by atoms with Gasteiger partial charge in [-0.2, -0.15) is 0 Å². The molecular formula is C19H25FN4. The molecule has 0 saturated heterocycles. The number of aliphatic imine (C=N–C) groups is 1. The zero-order valence-corrected chi connectivity index (χ0v) is 14.5. The third kappa shape index (κ3) is 5.35. The van der Waals surface area contributed by atoms with Crippen LogP contribution < -0.4 is 11.1 Å². The monoisotopic (exact) mass is 328 g/mol. The van der Waals surface area contributed by atoms with Crippen molar-refractivity contribution in [3.8, 4) is 0 Å². The largest absolute Gasteiger partial charge is 0.370 e. The Morgan fingerprint density at radius 1 is 1.17 bits per heavy atom. The maximum atomic E-state index is 14.0. The first-order valence-electron chi connectivity index (χ1n) is 8.06. The molecule has 2 aromatic carbocycles. The molecule has 0 aliphatic heterocycles. The molecule has 0 aliphatic carbocycles. The van der Waals surface area contributed by atoms with E-state index in [9.17, 15) is 4.39 Å². The third-order valence-electron chi connectivity index (χ3n) is 3.64. The van der Waals surface area contributed by atoms with Crippen LogP contribution in [0.3, 0.4) is 0 Å². The minimum Gasteiger partial charge on any atom is -0.370 e.